The molecule has 0 spiro atoms. The molecule has 8 radical (unpaired) electrons. The van der Waals surface area contributed by atoms with E-state index in [0.29, 0.717) is 39.1 Å². The Morgan fingerprint density at radius 2 is 1.11 bits per heavy atom. The fraction of sp³-hybridized carbons (Fsp3) is 0.867. The summed E-state index contributed by atoms with van der Waals surface area (Å²) < 4.78 is 24.7. The van der Waals surface area contributed by atoms with E-state index in [1.807, 2.05) is 0 Å². The lowest BCUT2D eigenvalue weighted by molar-refractivity contribution is 0.565. The molecular weight excluding hydrogens is 469 g/mol. The van der Waals surface area contributed by atoms with Gasteiger partial charge in [0.25, 0.3) is 0 Å². The molecule has 0 saturated carbocycles. The molecule has 0 aliphatic heterocycles. The molecule has 0 fully saturated rings. The second-order valence-corrected chi connectivity index (χ2v) is 30.8. The predicted octanol–water partition coefficient (Wildman–Crippen LogP) is 4.00. The molecule has 0 amide bonds. The smallest absolute Gasteiger partial charge is 0.219 e. The van der Waals surface area contributed by atoms with E-state index in [4.69, 9.17) is 16.5 Å². The Morgan fingerprint density at radius 3 is 1.48 bits per heavy atom. The Hall–Kier alpha value is 1.32. The summed E-state index contributed by atoms with van der Waals surface area (Å²) in [5, 5.41) is 0. The standard InChI is InChI=1S/C15H38O4Si8/c1-15(2)11-20-17-26(7,8)13-22-19-27(9,10)14-23-18-25(5,6)12-21-16-24(3)4/h24H,1,11-14H2,2-10H3. The molecule has 0 N–H and O–H groups in total. The monoisotopic (exact) mass is 506 g/mol. The van der Waals surface area contributed by atoms with Gasteiger partial charge in [0.05, 0.1) is 0 Å². The van der Waals surface area contributed by atoms with Gasteiger partial charge in [-0.15, -0.1) is 6.58 Å². The van der Waals surface area contributed by atoms with Gasteiger partial charge in [0, 0.05) is 0 Å². The Balaban J connectivity index is 4.06. The summed E-state index contributed by atoms with van der Waals surface area (Å²) in [5.74, 6) is 0. The fourth-order valence-corrected chi connectivity index (χ4v) is 18.2. The van der Waals surface area contributed by atoms with Gasteiger partial charge in [-0.25, -0.2) is 0 Å². The highest BCUT2D eigenvalue weighted by molar-refractivity contribution is 6.87. The zero-order chi connectivity index (χ0) is 21.1. The molecule has 27 heavy (non-hydrogen) atoms. The summed E-state index contributed by atoms with van der Waals surface area (Å²) in [4.78, 5) is 0. The zero-order valence-electron chi connectivity index (χ0n) is 18.7. The van der Waals surface area contributed by atoms with Gasteiger partial charge >= 0.3 is 0 Å². The van der Waals surface area contributed by atoms with Gasteiger partial charge in [-0.1, -0.05) is 5.57 Å². The summed E-state index contributed by atoms with van der Waals surface area (Å²) in [6, 6.07) is 0.990. The third kappa shape index (κ3) is 17.9. The maximum absolute atomic E-state index is 6.35. The van der Waals surface area contributed by atoms with E-state index in [2.05, 4.69) is 65.9 Å². The molecule has 0 unspecified atom stereocenters. The molecule has 0 aromatic carbocycles. The Labute approximate surface area is 183 Å². The van der Waals surface area contributed by atoms with Crippen LogP contribution in [0.2, 0.25) is 75.4 Å². The number of hydrogen-bond acceptors (Lipinski definition) is 4. The molecule has 0 saturated heterocycles. The van der Waals surface area contributed by atoms with Crippen molar-refractivity contribution in [2.45, 2.75) is 82.3 Å². The van der Waals surface area contributed by atoms with Crippen molar-refractivity contribution in [1.82, 2.24) is 0 Å². The van der Waals surface area contributed by atoms with Crippen LogP contribution in [0.4, 0.5) is 0 Å². The summed E-state index contributed by atoms with van der Waals surface area (Å²) in [7, 11) is -3.42. The highest BCUT2D eigenvalue weighted by atomic mass is 28.4. The van der Waals surface area contributed by atoms with E-state index in [-0.39, 0.29) is 0 Å². The topological polar surface area (TPSA) is 36.9 Å². The van der Waals surface area contributed by atoms with Gasteiger partial charge in [0.1, 0.15) is 0 Å². The molecule has 154 valence electrons. The van der Waals surface area contributed by atoms with Crippen LogP contribution < -0.4 is 0 Å². The van der Waals surface area contributed by atoms with Crippen LogP contribution in [0.3, 0.4) is 0 Å². The molecule has 0 heterocycles. The van der Waals surface area contributed by atoms with E-state index in [1.54, 1.807) is 0 Å². The lowest BCUT2D eigenvalue weighted by Crippen LogP contribution is -2.41. The van der Waals surface area contributed by atoms with Crippen molar-refractivity contribution in [3.05, 3.63) is 12.2 Å². The fourth-order valence-electron chi connectivity index (χ4n) is 1.66. The first-order valence-corrected chi connectivity index (χ1v) is 26.1. The average Bonchev–Trinajstić information content (AvgIpc) is 2.44. The van der Waals surface area contributed by atoms with Crippen molar-refractivity contribution in [3.8, 4) is 0 Å². The molecule has 0 atom stereocenters. The van der Waals surface area contributed by atoms with Crippen molar-refractivity contribution in [1.29, 1.82) is 0 Å². The van der Waals surface area contributed by atoms with Crippen LogP contribution in [0.15, 0.2) is 12.2 Å². The molecule has 0 rings (SSSR count). The van der Waals surface area contributed by atoms with E-state index in [1.165, 1.54) is 5.57 Å². The largest absolute Gasteiger partial charge is 0.459 e. The predicted molar refractivity (Wildman–Crippen MR) is 133 cm³/mol. The second kappa shape index (κ2) is 13.6. The van der Waals surface area contributed by atoms with E-state index in [0.717, 1.165) is 23.0 Å². The molecule has 12 heteroatoms. The van der Waals surface area contributed by atoms with Gasteiger partial charge in [-0.2, -0.15) is 0 Å². The highest BCUT2D eigenvalue weighted by Gasteiger charge is 2.29. The summed E-state index contributed by atoms with van der Waals surface area (Å²) in [5.41, 5.74) is 4.52. The summed E-state index contributed by atoms with van der Waals surface area (Å²) >= 11 is 0. The van der Waals surface area contributed by atoms with Gasteiger partial charge in [-0.05, 0) is 82.3 Å². The zero-order valence-corrected chi connectivity index (χ0v) is 26.9. The SMILES string of the molecule is C=C(C)C[Si]O[Si](C)(C)C[Si]O[Si](C)(C)C[Si]O[Si](C)(C)C[Si]O[SiH](C)C. The molecule has 0 aromatic rings. The maximum atomic E-state index is 6.35. The molecule has 4 nitrogen and oxygen atoms in total. The first kappa shape index (κ1) is 28.3. The van der Waals surface area contributed by atoms with Crippen molar-refractivity contribution in [2.24, 2.45) is 0 Å². The molecule has 0 aromatic heterocycles. The first-order chi connectivity index (χ1) is 12.2. The lowest BCUT2D eigenvalue weighted by Gasteiger charge is -2.28. The van der Waals surface area contributed by atoms with Crippen LogP contribution >= 0.6 is 0 Å². The van der Waals surface area contributed by atoms with Crippen LogP contribution in [0.25, 0.3) is 0 Å². The third-order valence-electron chi connectivity index (χ3n) is 3.23. The minimum absolute atomic E-state index is 0.555. The van der Waals surface area contributed by atoms with Crippen LogP contribution in [-0.2, 0) is 16.5 Å². The van der Waals surface area contributed by atoms with Crippen molar-refractivity contribution < 1.29 is 16.5 Å². The second-order valence-electron chi connectivity index (χ2n) is 8.99. The Kier molecular flexibility index (Phi) is 14.2. The third-order valence-corrected chi connectivity index (χ3v) is 26.8. The lowest BCUT2D eigenvalue weighted by atomic mass is 10.4. The van der Waals surface area contributed by atoms with Crippen LogP contribution in [0, 0.1) is 0 Å². The highest BCUT2D eigenvalue weighted by Crippen LogP contribution is 2.17. The molecule has 0 aliphatic rings. The Morgan fingerprint density at radius 1 is 0.741 bits per heavy atom. The van der Waals surface area contributed by atoms with Gasteiger partial charge in [0.15, 0.2) is 34.0 Å². The minimum atomic E-state index is -1.65. The van der Waals surface area contributed by atoms with Crippen molar-refractivity contribution in [2.75, 3.05) is 0 Å². The molecular formula is C15H38O4Si8. The quantitative estimate of drug-likeness (QED) is 0.234. The van der Waals surface area contributed by atoms with Crippen molar-refractivity contribution >= 4 is 73.0 Å². The summed E-state index contributed by atoms with van der Waals surface area (Å²) in [6.45, 7) is 24.3. The van der Waals surface area contributed by atoms with Gasteiger partial charge in [0.2, 0.25) is 39.1 Å². The minimum Gasteiger partial charge on any atom is -0.459 e. The maximum Gasteiger partial charge on any atom is 0.219 e. The summed E-state index contributed by atoms with van der Waals surface area (Å²) in [6.07, 6.45) is 0. The van der Waals surface area contributed by atoms with Crippen LogP contribution in [0.5, 0.6) is 0 Å². The molecule has 0 bridgehead atoms. The molecule has 0 aliphatic carbocycles. The van der Waals surface area contributed by atoms with Crippen LogP contribution in [-0.4, -0.2) is 73.0 Å². The Bertz CT molecular complexity index is 432. The van der Waals surface area contributed by atoms with E-state index < -0.39 is 34.0 Å². The van der Waals surface area contributed by atoms with E-state index >= 15 is 0 Å². The van der Waals surface area contributed by atoms with Gasteiger partial charge in [-0.3, -0.25) is 0 Å². The number of hydrogen-bond donors (Lipinski definition) is 0. The number of rotatable bonds is 16. The van der Waals surface area contributed by atoms with E-state index in [9.17, 15) is 0 Å². The normalized spacial score (nSPS) is 13.4. The van der Waals surface area contributed by atoms with Crippen LogP contribution in [0.1, 0.15) is 6.92 Å². The average molecular weight is 507 g/mol. The first-order valence-electron chi connectivity index (χ1n) is 9.50. The van der Waals surface area contributed by atoms with Gasteiger partial charge < -0.3 is 16.5 Å². The number of allylic oxidation sites excluding steroid dienone is 1. The van der Waals surface area contributed by atoms with Crippen molar-refractivity contribution in [3.63, 3.8) is 0 Å².